The molecule has 0 fully saturated rings. The van der Waals surface area contributed by atoms with Gasteiger partial charge in [0, 0.05) is 12.6 Å². The third-order valence-corrected chi connectivity index (χ3v) is 5.58. The van der Waals surface area contributed by atoms with E-state index in [9.17, 15) is 14.4 Å². The number of carbonyl (C=O) groups is 3. The molecule has 2 aromatic rings. The molecule has 0 radical (unpaired) electrons. The number of hydrogen-bond donors (Lipinski definition) is 0. The van der Waals surface area contributed by atoms with Crippen molar-refractivity contribution in [3.63, 3.8) is 0 Å². The Hall–Kier alpha value is -3.41. The largest absolute Gasteiger partial charge is 0.466 e. The molecule has 32 heavy (non-hydrogen) atoms. The summed E-state index contributed by atoms with van der Waals surface area (Å²) < 4.78 is 10.7. The van der Waals surface area contributed by atoms with E-state index in [4.69, 9.17) is 9.47 Å². The summed E-state index contributed by atoms with van der Waals surface area (Å²) >= 11 is 0. The molecule has 1 heterocycles. The number of nitrogens with zero attached hydrogens (tertiary/aromatic N) is 1. The molecule has 2 unspecified atom stereocenters. The summed E-state index contributed by atoms with van der Waals surface area (Å²) in [4.78, 5) is 40.3. The number of ether oxygens (including phenoxy) is 2. The van der Waals surface area contributed by atoms with Gasteiger partial charge in [-0.05, 0) is 30.9 Å². The number of amides is 1. The van der Waals surface area contributed by atoms with Crippen LogP contribution in [0.5, 0.6) is 0 Å². The van der Waals surface area contributed by atoms with Crippen LogP contribution in [0.25, 0.3) is 0 Å². The highest BCUT2D eigenvalue weighted by molar-refractivity contribution is 6.16. The second-order valence-corrected chi connectivity index (χ2v) is 7.67. The normalized spacial score (nSPS) is 16.8. The second kappa shape index (κ2) is 11.3. The zero-order chi connectivity index (χ0) is 22.9. The molecule has 6 heteroatoms. The maximum atomic E-state index is 13.4. The molecule has 0 spiro atoms. The van der Waals surface area contributed by atoms with Crippen molar-refractivity contribution in [2.24, 2.45) is 5.92 Å². The minimum Gasteiger partial charge on any atom is -0.466 e. The summed E-state index contributed by atoms with van der Waals surface area (Å²) in [5.41, 5.74) is 1.77. The fraction of sp³-hybridized carbons (Fsp3) is 0.346. The molecule has 6 nitrogen and oxygen atoms in total. The van der Waals surface area contributed by atoms with Gasteiger partial charge < -0.3 is 14.4 Å². The lowest BCUT2D eigenvalue weighted by Gasteiger charge is -2.38. The summed E-state index contributed by atoms with van der Waals surface area (Å²) in [6.45, 7) is 4.33. The van der Waals surface area contributed by atoms with Gasteiger partial charge in [0.25, 0.3) is 5.91 Å². The monoisotopic (exact) mass is 435 g/mol. The summed E-state index contributed by atoms with van der Waals surface area (Å²) in [7, 11) is 0. The quantitative estimate of drug-likeness (QED) is 0.439. The van der Waals surface area contributed by atoms with Crippen LogP contribution in [0.2, 0.25) is 0 Å². The van der Waals surface area contributed by atoms with E-state index in [2.05, 4.69) is 0 Å². The van der Waals surface area contributed by atoms with E-state index in [0.717, 1.165) is 11.1 Å². The first-order valence-electron chi connectivity index (χ1n) is 11.0. The van der Waals surface area contributed by atoms with Crippen LogP contribution in [-0.2, 0) is 37.0 Å². The van der Waals surface area contributed by atoms with Gasteiger partial charge >= 0.3 is 11.9 Å². The van der Waals surface area contributed by atoms with Crippen LogP contribution in [0.3, 0.4) is 0 Å². The lowest BCUT2D eigenvalue weighted by atomic mass is 9.88. The molecular formula is C26H29NO5. The van der Waals surface area contributed by atoms with Crippen molar-refractivity contribution in [1.82, 2.24) is 4.90 Å². The zero-order valence-electron chi connectivity index (χ0n) is 18.5. The molecule has 0 bridgehead atoms. The smallest absolute Gasteiger partial charge is 0.343 e. The van der Waals surface area contributed by atoms with Crippen LogP contribution in [0, 0.1) is 5.92 Å². The summed E-state index contributed by atoms with van der Waals surface area (Å²) in [5, 5.41) is 0. The van der Waals surface area contributed by atoms with Gasteiger partial charge in [0.05, 0.1) is 12.5 Å². The topological polar surface area (TPSA) is 72.9 Å². The highest BCUT2D eigenvalue weighted by Crippen LogP contribution is 2.29. The molecule has 2 atom stereocenters. The number of esters is 2. The number of hydrogen-bond acceptors (Lipinski definition) is 5. The van der Waals surface area contributed by atoms with Crippen LogP contribution < -0.4 is 0 Å². The van der Waals surface area contributed by atoms with Crippen LogP contribution in [-0.4, -0.2) is 35.4 Å². The van der Waals surface area contributed by atoms with Gasteiger partial charge in [0.15, 0.2) is 0 Å². The Morgan fingerprint density at radius 3 is 2.19 bits per heavy atom. The van der Waals surface area contributed by atoms with Crippen LogP contribution in [0.1, 0.15) is 37.8 Å². The number of rotatable bonds is 9. The number of benzene rings is 2. The Labute approximate surface area is 188 Å². The van der Waals surface area contributed by atoms with E-state index >= 15 is 0 Å². The molecule has 0 aromatic heterocycles. The minimum absolute atomic E-state index is 0.00632. The van der Waals surface area contributed by atoms with Gasteiger partial charge in [-0.25, -0.2) is 4.79 Å². The van der Waals surface area contributed by atoms with Crippen molar-refractivity contribution < 1.29 is 23.9 Å². The fourth-order valence-corrected chi connectivity index (χ4v) is 3.93. The van der Waals surface area contributed by atoms with Crippen LogP contribution >= 0.6 is 0 Å². The van der Waals surface area contributed by atoms with Gasteiger partial charge in [-0.3, -0.25) is 9.59 Å². The van der Waals surface area contributed by atoms with Gasteiger partial charge in [-0.1, -0.05) is 73.7 Å². The lowest BCUT2D eigenvalue weighted by Crippen LogP contribution is -2.50. The first kappa shape index (κ1) is 23.3. The summed E-state index contributed by atoms with van der Waals surface area (Å²) in [6, 6.07) is 18.5. The fourth-order valence-electron chi connectivity index (χ4n) is 3.93. The standard InChI is InChI=1S/C26H29NO5/c1-3-21(25(29)31-4-2)23-16-15-22(26(30)32-18-20-13-9-6-10-14-20)24(28)27(23)17-19-11-7-5-8-12-19/h5-15,21,23H,3-4,16-18H2,1-2H3. The van der Waals surface area contributed by atoms with Crippen molar-refractivity contribution in [2.75, 3.05) is 6.61 Å². The highest BCUT2D eigenvalue weighted by Gasteiger charge is 2.40. The van der Waals surface area contributed by atoms with E-state index in [1.54, 1.807) is 17.9 Å². The van der Waals surface area contributed by atoms with Gasteiger partial charge in [-0.2, -0.15) is 0 Å². The molecule has 1 aliphatic heterocycles. The molecule has 2 aromatic carbocycles. The number of carbonyl (C=O) groups excluding carboxylic acids is 3. The predicted molar refractivity (Wildman–Crippen MR) is 120 cm³/mol. The lowest BCUT2D eigenvalue weighted by molar-refractivity contribution is -0.153. The zero-order valence-corrected chi connectivity index (χ0v) is 18.5. The van der Waals surface area contributed by atoms with E-state index in [1.807, 2.05) is 67.6 Å². The summed E-state index contributed by atoms with van der Waals surface area (Å²) in [6.07, 6.45) is 2.51. The third kappa shape index (κ3) is 5.63. The van der Waals surface area contributed by atoms with Crippen molar-refractivity contribution in [2.45, 2.75) is 45.9 Å². The average molecular weight is 436 g/mol. The maximum Gasteiger partial charge on any atom is 0.343 e. The first-order valence-corrected chi connectivity index (χ1v) is 11.0. The Kier molecular flexibility index (Phi) is 8.20. The molecule has 0 saturated carbocycles. The second-order valence-electron chi connectivity index (χ2n) is 7.67. The van der Waals surface area contributed by atoms with Gasteiger partial charge in [0.2, 0.25) is 0 Å². The Balaban J connectivity index is 1.83. The Morgan fingerprint density at radius 2 is 1.59 bits per heavy atom. The van der Waals surface area contributed by atoms with Gasteiger partial charge in [0.1, 0.15) is 12.2 Å². The SMILES string of the molecule is CCOC(=O)C(CC)C1CC=C(C(=O)OCc2ccccc2)C(=O)N1Cc1ccccc1. The molecule has 1 amide bonds. The highest BCUT2D eigenvalue weighted by atomic mass is 16.5. The van der Waals surface area contributed by atoms with Crippen molar-refractivity contribution in [1.29, 1.82) is 0 Å². The molecular weight excluding hydrogens is 406 g/mol. The molecule has 3 rings (SSSR count). The molecule has 0 aliphatic carbocycles. The molecule has 1 aliphatic rings. The van der Waals surface area contributed by atoms with E-state index < -0.39 is 23.8 Å². The van der Waals surface area contributed by atoms with Gasteiger partial charge in [-0.15, -0.1) is 0 Å². The molecule has 0 N–H and O–H groups in total. The minimum atomic E-state index is -0.653. The third-order valence-electron chi connectivity index (χ3n) is 5.58. The van der Waals surface area contributed by atoms with Crippen molar-refractivity contribution >= 4 is 17.8 Å². The van der Waals surface area contributed by atoms with Crippen LogP contribution in [0.4, 0.5) is 0 Å². The predicted octanol–water partition coefficient (Wildman–Crippen LogP) is 4.05. The molecule has 168 valence electrons. The Bertz CT molecular complexity index is 955. The van der Waals surface area contributed by atoms with Crippen molar-refractivity contribution in [3.05, 3.63) is 83.4 Å². The first-order chi connectivity index (χ1) is 15.5. The average Bonchev–Trinajstić information content (AvgIpc) is 2.81. The summed E-state index contributed by atoms with van der Waals surface area (Å²) in [5.74, 6) is -1.87. The van der Waals surface area contributed by atoms with E-state index in [1.165, 1.54) is 0 Å². The maximum absolute atomic E-state index is 13.4. The van der Waals surface area contributed by atoms with E-state index in [0.29, 0.717) is 19.4 Å². The van der Waals surface area contributed by atoms with Crippen LogP contribution in [0.15, 0.2) is 72.3 Å². The van der Waals surface area contributed by atoms with E-state index in [-0.39, 0.29) is 24.8 Å². The van der Waals surface area contributed by atoms with Crippen molar-refractivity contribution in [3.8, 4) is 0 Å². The molecule has 0 saturated heterocycles. The Morgan fingerprint density at radius 1 is 0.969 bits per heavy atom.